The number of para-hydroxylation sites is 1. The van der Waals surface area contributed by atoms with Crippen molar-refractivity contribution >= 4 is 44.0 Å². The van der Waals surface area contributed by atoms with Crippen LogP contribution in [-0.4, -0.2) is 4.57 Å². The molecule has 9 rings (SSSR count). The number of hydrogen-bond acceptors (Lipinski definition) is 2. The van der Waals surface area contributed by atoms with Crippen molar-refractivity contribution in [1.82, 2.24) is 9.88 Å². The van der Waals surface area contributed by atoms with E-state index in [2.05, 4.69) is 162 Å². The summed E-state index contributed by atoms with van der Waals surface area (Å²) in [7, 11) is 0. The van der Waals surface area contributed by atoms with E-state index < -0.39 is 0 Å². The fourth-order valence-electron chi connectivity index (χ4n) is 6.81. The molecule has 1 aliphatic rings. The van der Waals surface area contributed by atoms with Gasteiger partial charge in [-0.2, -0.15) is 0 Å². The molecule has 8 aromatic rings. The van der Waals surface area contributed by atoms with Gasteiger partial charge in [0.2, 0.25) is 0 Å². The second-order valence-corrected chi connectivity index (χ2v) is 11.8. The Morgan fingerprint density at radius 3 is 1.96 bits per heavy atom. The summed E-state index contributed by atoms with van der Waals surface area (Å²) in [5.74, 6) is 0.885. The molecule has 3 heterocycles. The first-order valence-corrected chi connectivity index (χ1v) is 15.7. The number of fused-ring (bicyclic) bond motifs is 5. The van der Waals surface area contributed by atoms with Crippen LogP contribution in [0.5, 0.6) is 0 Å². The van der Waals surface area contributed by atoms with Gasteiger partial charge in [-0.15, -0.1) is 0 Å². The zero-order valence-corrected chi connectivity index (χ0v) is 25.1. The lowest BCUT2D eigenvalue weighted by Gasteiger charge is -2.26. The van der Waals surface area contributed by atoms with Crippen LogP contribution in [0.4, 0.5) is 0 Å². The van der Waals surface area contributed by atoms with E-state index in [9.17, 15) is 0 Å². The van der Waals surface area contributed by atoms with Gasteiger partial charge in [-0.25, -0.2) is 0 Å². The van der Waals surface area contributed by atoms with Crippen LogP contribution in [-0.2, 0) is 0 Å². The van der Waals surface area contributed by atoms with E-state index in [1.54, 1.807) is 0 Å². The Balaban J connectivity index is 1.14. The fraction of sp³-hybridized carbons (Fsp3) is 0.0233. The first kappa shape index (κ1) is 26.4. The van der Waals surface area contributed by atoms with E-state index in [4.69, 9.17) is 4.42 Å². The van der Waals surface area contributed by atoms with Crippen molar-refractivity contribution in [2.45, 2.75) is 6.04 Å². The SMILES string of the molecule is C1=C(c2ccccc2)C=C(c2ccccc2)NC1c1ccc(-n2c3ccccc3c3c4oc(-c5ccccc5)cc4ccc32)cc1. The number of nitrogens with zero attached hydrogens (tertiary/aromatic N) is 1. The van der Waals surface area contributed by atoms with Crippen molar-refractivity contribution < 1.29 is 4.42 Å². The summed E-state index contributed by atoms with van der Waals surface area (Å²) in [5.41, 5.74) is 11.3. The largest absolute Gasteiger partial charge is 0.455 e. The molecule has 218 valence electrons. The minimum atomic E-state index is 0.0294. The smallest absolute Gasteiger partial charge is 0.144 e. The van der Waals surface area contributed by atoms with Gasteiger partial charge < -0.3 is 14.3 Å². The molecular formula is C43H30N2O. The standard InChI is InChI=1S/C43H30N2O/c1-4-12-29(13-5-1)34-26-37(30-14-6-2-7-15-30)44-38(27-34)31-20-23-35(24-21-31)45-39-19-11-10-18-36(39)42-40(45)25-22-33-28-41(46-43(33)42)32-16-8-3-9-17-32/h1-28,38,44H. The molecular weight excluding hydrogens is 560 g/mol. The summed E-state index contributed by atoms with van der Waals surface area (Å²) in [6.45, 7) is 0. The molecule has 1 unspecified atom stereocenters. The second kappa shape index (κ2) is 10.8. The number of hydrogen-bond donors (Lipinski definition) is 1. The second-order valence-electron chi connectivity index (χ2n) is 11.8. The molecule has 1 aliphatic heterocycles. The van der Waals surface area contributed by atoms with Crippen LogP contribution in [0.1, 0.15) is 22.7 Å². The van der Waals surface area contributed by atoms with Crippen molar-refractivity contribution in [2.75, 3.05) is 0 Å². The maximum absolute atomic E-state index is 6.58. The topological polar surface area (TPSA) is 30.1 Å². The molecule has 0 aliphatic carbocycles. The highest BCUT2D eigenvalue weighted by molar-refractivity contribution is 6.20. The predicted octanol–water partition coefficient (Wildman–Crippen LogP) is 11.0. The molecule has 0 radical (unpaired) electrons. The summed E-state index contributed by atoms with van der Waals surface area (Å²) >= 11 is 0. The minimum Gasteiger partial charge on any atom is -0.455 e. The molecule has 1 N–H and O–H groups in total. The maximum Gasteiger partial charge on any atom is 0.144 e. The summed E-state index contributed by atoms with van der Waals surface area (Å²) in [4.78, 5) is 0. The molecule has 0 amide bonds. The van der Waals surface area contributed by atoms with Crippen molar-refractivity contribution in [3.05, 3.63) is 187 Å². The molecule has 1 atom stereocenters. The molecule has 3 heteroatoms. The van der Waals surface area contributed by atoms with Gasteiger partial charge in [-0.3, -0.25) is 0 Å². The number of benzene rings is 6. The third kappa shape index (κ3) is 4.44. The van der Waals surface area contributed by atoms with Crippen molar-refractivity contribution in [1.29, 1.82) is 0 Å². The van der Waals surface area contributed by atoms with E-state index >= 15 is 0 Å². The molecule has 6 aromatic carbocycles. The molecule has 2 aromatic heterocycles. The Bertz CT molecular complexity index is 2410. The van der Waals surface area contributed by atoms with Crippen LogP contribution in [0.2, 0.25) is 0 Å². The van der Waals surface area contributed by atoms with Gasteiger partial charge in [-0.05, 0) is 70.8 Å². The lowest BCUT2D eigenvalue weighted by atomic mass is 9.93. The van der Waals surface area contributed by atoms with Crippen LogP contribution in [0.15, 0.2) is 174 Å². The van der Waals surface area contributed by atoms with Gasteiger partial charge in [-0.1, -0.05) is 121 Å². The average Bonchev–Trinajstić information content (AvgIpc) is 3.72. The highest BCUT2D eigenvalue weighted by Gasteiger charge is 2.20. The molecule has 0 saturated heterocycles. The predicted molar refractivity (Wildman–Crippen MR) is 191 cm³/mol. The fourth-order valence-corrected chi connectivity index (χ4v) is 6.81. The third-order valence-electron chi connectivity index (χ3n) is 9.04. The van der Waals surface area contributed by atoms with Gasteiger partial charge in [0.25, 0.3) is 0 Å². The van der Waals surface area contributed by atoms with Gasteiger partial charge >= 0.3 is 0 Å². The van der Waals surface area contributed by atoms with E-state index in [0.29, 0.717) is 0 Å². The Labute approximate surface area is 267 Å². The molecule has 0 bridgehead atoms. The molecule has 0 saturated carbocycles. The van der Waals surface area contributed by atoms with E-state index in [-0.39, 0.29) is 6.04 Å². The quantitative estimate of drug-likeness (QED) is 0.216. The number of furan rings is 1. The first-order valence-electron chi connectivity index (χ1n) is 15.7. The Kier molecular flexibility index (Phi) is 6.20. The lowest BCUT2D eigenvalue weighted by Crippen LogP contribution is -2.21. The summed E-state index contributed by atoms with van der Waals surface area (Å²) in [6.07, 6.45) is 4.58. The first-order chi connectivity index (χ1) is 22.8. The zero-order chi connectivity index (χ0) is 30.5. The van der Waals surface area contributed by atoms with Crippen LogP contribution < -0.4 is 5.32 Å². The van der Waals surface area contributed by atoms with Gasteiger partial charge in [0.15, 0.2) is 0 Å². The summed E-state index contributed by atoms with van der Waals surface area (Å²) < 4.78 is 8.94. The maximum atomic E-state index is 6.58. The third-order valence-corrected chi connectivity index (χ3v) is 9.04. The van der Waals surface area contributed by atoms with Crippen LogP contribution >= 0.6 is 0 Å². The summed E-state index contributed by atoms with van der Waals surface area (Å²) in [6, 6.07) is 55.7. The van der Waals surface area contributed by atoms with Crippen LogP contribution in [0.25, 0.3) is 61.1 Å². The lowest BCUT2D eigenvalue weighted by molar-refractivity contribution is 0.635. The minimum absolute atomic E-state index is 0.0294. The zero-order valence-electron chi connectivity index (χ0n) is 25.1. The number of dihydropyridines is 1. The van der Waals surface area contributed by atoms with E-state index in [1.165, 1.54) is 27.6 Å². The van der Waals surface area contributed by atoms with E-state index in [0.717, 1.165) is 50.1 Å². The van der Waals surface area contributed by atoms with Crippen molar-refractivity contribution in [3.8, 4) is 17.0 Å². The van der Waals surface area contributed by atoms with E-state index in [1.807, 2.05) is 18.2 Å². The highest BCUT2D eigenvalue weighted by Crippen LogP contribution is 2.40. The normalized spacial score (nSPS) is 14.7. The van der Waals surface area contributed by atoms with Gasteiger partial charge in [0.1, 0.15) is 11.3 Å². The van der Waals surface area contributed by atoms with Gasteiger partial charge in [0.05, 0.1) is 22.5 Å². The highest BCUT2D eigenvalue weighted by atomic mass is 16.3. The number of aromatic nitrogens is 1. The monoisotopic (exact) mass is 590 g/mol. The molecule has 0 spiro atoms. The number of nitrogens with one attached hydrogen (secondary N) is 1. The Morgan fingerprint density at radius 2 is 1.22 bits per heavy atom. The van der Waals surface area contributed by atoms with Crippen molar-refractivity contribution in [3.63, 3.8) is 0 Å². The summed E-state index contributed by atoms with van der Waals surface area (Å²) in [5, 5.41) is 7.23. The van der Waals surface area contributed by atoms with Gasteiger partial charge in [0, 0.05) is 27.7 Å². The molecule has 3 nitrogen and oxygen atoms in total. The number of allylic oxidation sites excluding steroid dienone is 2. The number of rotatable bonds is 5. The Hall–Kier alpha value is -6.06. The Morgan fingerprint density at radius 1 is 0.565 bits per heavy atom. The molecule has 0 fully saturated rings. The molecule has 46 heavy (non-hydrogen) atoms. The van der Waals surface area contributed by atoms with Crippen molar-refractivity contribution in [2.24, 2.45) is 0 Å². The van der Waals surface area contributed by atoms with Crippen LogP contribution in [0.3, 0.4) is 0 Å². The van der Waals surface area contributed by atoms with Crippen LogP contribution in [0, 0.1) is 0 Å². The average molecular weight is 591 g/mol.